The van der Waals surface area contributed by atoms with Crippen molar-refractivity contribution in [3.05, 3.63) is 0 Å². The lowest BCUT2D eigenvalue weighted by atomic mass is 10.2. The van der Waals surface area contributed by atoms with Crippen molar-refractivity contribution in [1.82, 2.24) is 10.6 Å². The van der Waals surface area contributed by atoms with Crippen LogP contribution in [0, 0.1) is 5.92 Å². The van der Waals surface area contributed by atoms with Crippen LogP contribution in [0.15, 0.2) is 0 Å². The molecule has 4 heteroatoms. The van der Waals surface area contributed by atoms with E-state index in [-0.39, 0.29) is 17.5 Å². The lowest BCUT2D eigenvalue weighted by molar-refractivity contribution is -0.120. The van der Waals surface area contributed by atoms with E-state index in [1.54, 1.807) is 0 Å². The van der Waals surface area contributed by atoms with Crippen LogP contribution in [0.4, 0.5) is 0 Å². The fraction of sp³-hybridized carbons (Fsp3) is 0.875. The molecule has 1 aliphatic heterocycles. The van der Waals surface area contributed by atoms with Crippen LogP contribution in [-0.2, 0) is 4.79 Å². The normalized spacial score (nSPS) is 44.1. The lowest BCUT2D eigenvalue weighted by Gasteiger charge is -2.16. The van der Waals surface area contributed by atoms with Crippen molar-refractivity contribution in [2.75, 3.05) is 13.6 Å². The van der Waals surface area contributed by atoms with Gasteiger partial charge in [0.1, 0.15) is 0 Å². The van der Waals surface area contributed by atoms with Gasteiger partial charge in [0.25, 0.3) is 0 Å². The summed E-state index contributed by atoms with van der Waals surface area (Å²) in [5.74, 6) is 0.458. The molecule has 12 heavy (non-hydrogen) atoms. The third-order valence-corrected chi connectivity index (χ3v) is 3.05. The first-order valence-electron chi connectivity index (χ1n) is 4.39. The first kappa shape index (κ1) is 8.01. The molecule has 0 aromatic carbocycles. The lowest BCUT2D eigenvalue weighted by Crippen LogP contribution is -2.47. The second kappa shape index (κ2) is 2.44. The number of likely N-dealkylation sites (N-methyl/N-ethyl adjacent to an activating group) is 1. The van der Waals surface area contributed by atoms with Crippen molar-refractivity contribution >= 4 is 5.91 Å². The SMILES string of the molecule is CNCC12CC1CC(C(N)=O)N2. The fourth-order valence-electron chi connectivity index (χ4n) is 2.33. The summed E-state index contributed by atoms with van der Waals surface area (Å²) in [7, 11) is 1.93. The van der Waals surface area contributed by atoms with Crippen molar-refractivity contribution in [3.63, 3.8) is 0 Å². The molecular formula is C8H15N3O. The highest BCUT2D eigenvalue weighted by Gasteiger charge is 2.60. The predicted octanol–water partition coefficient (Wildman–Crippen LogP) is -1.19. The monoisotopic (exact) mass is 169 g/mol. The molecule has 3 atom stereocenters. The maximum Gasteiger partial charge on any atom is 0.234 e. The minimum absolute atomic E-state index is 0.0860. The highest BCUT2D eigenvalue weighted by Crippen LogP contribution is 2.51. The number of amides is 1. The van der Waals surface area contributed by atoms with E-state index in [4.69, 9.17) is 5.73 Å². The van der Waals surface area contributed by atoms with Crippen LogP contribution in [0.3, 0.4) is 0 Å². The van der Waals surface area contributed by atoms with E-state index in [0.29, 0.717) is 5.92 Å². The zero-order chi connectivity index (χ0) is 8.77. The summed E-state index contributed by atoms with van der Waals surface area (Å²) in [4.78, 5) is 10.9. The quantitative estimate of drug-likeness (QED) is 0.498. The number of piperidine rings is 1. The Balaban J connectivity index is 1.96. The maximum absolute atomic E-state index is 10.9. The molecular weight excluding hydrogens is 154 g/mol. The highest BCUT2D eigenvalue weighted by molar-refractivity contribution is 5.80. The Morgan fingerprint density at radius 1 is 1.83 bits per heavy atom. The molecule has 3 unspecified atom stereocenters. The Hall–Kier alpha value is -0.610. The molecule has 2 rings (SSSR count). The summed E-state index contributed by atoms with van der Waals surface area (Å²) in [6, 6.07) is -0.0860. The Morgan fingerprint density at radius 3 is 3.08 bits per heavy atom. The molecule has 1 amide bonds. The maximum atomic E-state index is 10.9. The summed E-state index contributed by atoms with van der Waals surface area (Å²) < 4.78 is 0. The Morgan fingerprint density at radius 2 is 2.58 bits per heavy atom. The summed E-state index contributed by atoms with van der Waals surface area (Å²) >= 11 is 0. The van der Waals surface area contributed by atoms with Crippen LogP contribution >= 0.6 is 0 Å². The molecule has 1 saturated heterocycles. The standard InChI is InChI=1S/C8H15N3O/c1-10-4-8-3-5(8)2-6(11-8)7(9)12/h5-6,10-11H,2-4H2,1H3,(H2,9,12). The average molecular weight is 169 g/mol. The largest absolute Gasteiger partial charge is 0.368 e. The predicted molar refractivity (Wildman–Crippen MR) is 45.5 cm³/mol. The molecule has 1 aliphatic carbocycles. The number of fused-ring (bicyclic) bond motifs is 1. The van der Waals surface area contributed by atoms with E-state index in [2.05, 4.69) is 10.6 Å². The highest BCUT2D eigenvalue weighted by atomic mass is 16.1. The second-order valence-electron chi connectivity index (χ2n) is 3.92. The summed E-state index contributed by atoms with van der Waals surface area (Å²) in [6.07, 6.45) is 2.12. The van der Waals surface area contributed by atoms with E-state index in [0.717, 1.165) is 13.0 Å². The molecule has 1 heterocycles. The number of primary amides is 1. The van der Waals surface area contributed by atoms with E-state index in [1.807, 2.05) is 7.05 Å². The Kier molecular flexibility index (Phi) is 1.63. The van der Waals surface area contributed by atoms with Gasteiger partial charge >= 0.3 is 0 Å². The van der Waals surface area contributed by atoms with Gasteiger partial charge in [-0.2, -0.15) is 0 Å². The van der Waals surface area contributed by atoms with Gasteiger partial charge in [-0.15, -0.1) is 0 Å². The van der Waals surface area contributed by atoms with Crippen molar-refractivity contribution in [2.24, 2.45) is 11.7 Å². The number of nitrogens with one attached hydrogen (secondary N) is 2. The minimum Gasteiger partial charge on any atom is -0.368 e. The van der Waals surface area contributed by atoms with Crippen LogP contribution in [0.5, 0.6) is 0 Å². The smallest absolute Gasteiger partial charge is 0.234 e. The Bertz CT molecular complexity index is 218. The van der Waals surface area contributed by atoms with E-state index < -0.39 is 0 Å². The third-order valence-electron chi connectivity index (χ3n) is 3.05. The van der Waals surface area contributed by atoms with Gasteiger partial charge in [-0.25, -0.2) is 0 Å². The van der Waals surface area contributed by atoms with Crippen molar-refractivity contribution < 1.29 is 4.79 Å². The fourth-order valence-corrected chi connectivity index (χ4v) is 2.33. The zero-order valence-corrected chi connectivity index (χ0v) is 7.26. The van der Waals surface area contributed by atoms with Crippen LogP contribution in [0.25, 0.3) is 0 Å². The molecule has 68 valence electrons. The number of hydrogen-bond donors (Lipinski definition) is 3. The molecule has 0 aromatic rings. The van der Waals surface area contributed by atoms with Gasteiger partial charge in [-0.05, 0) is 25.8 Å². The number of carbonyl (C=O) groups excluding carboxylic acids is 1. The minimum atomic E-state index is -0.210. The third kappa shape index (κ3) is 1.03. The molecule has 0 aromatic heterocycles. The number of carbonyl (C=O) groups is 1. The summed E-state index contributed by atoms with van der Waals surface area (Å²) in [5, 5.41) is 6.44. The molecule has 4 N–H and O–H groups in total. The van der Waals surface area contributed by atoms with Crippen molar-refractivity contribution in [1.29, 1.82) is 0 Å². The van der Waals surface area contributed by atoms with Gasteiger partial charge in [0.05, 0.1) is 6.04 Å². The van der Waals surface area contributed by atoms with E-state index in [1.165, 1.54) is 6.42 Å². The molecule has 0 radical (unpaired) electrons. The zero-order valence-electron chi connectivity index (χ0n) is 7.26. The van der Waals surface area contributed by atoms with E-state index >= 15 is 0 Å². The molecule has 4 nitrogen and oxygen atoms in total. The van der Waals surface area contributed by atoms with Gasteiger partial charge in [-0.1, -0.05) is 0 Å². The average Bonchev–Trinajstić information content (AvgIpc) is 2.54. The van der Waals surface area contributed by atoms with Crippen LogP contribution in [0.2, 0.25) is 0 Å². The number of rotatable bonds is 3. The Labute approximate surface area is 71.9 Å². The molecule has 0 spiro atoms. The first-order chi connectivity index (χ1) is 5.68. The molecule has 0 bridgehead atoms. The number of hydrogen-bond acceptors (Lipinski definition) is 3. The van der Waals surface area contributed by atoms with Gasteiger partial charge in [0, 0.05) is 12.1 Å². The molecule has 2 fully saturated rings. The van der Waals surface area contributed by atoms with Gasteiger partial charge < -0.3 is 11.1 Å². The van der Waals surface area contributed by atoms with Gasteiger partial charge in [0.2, 0.25) is 5.91 Å². The summed E-state index contributed by atoms with van der Waals surface area (Å²) in [5.41, 5.74) is 5.42. The van der Waals surface area contributed by atoms with E-state index in [9.17, 15) is 4.79 Å². The second-order valence-corrected chi connectivity index (χ2v) is 3.92. The number of nitrogens with two attached hydrogens (primary N) is 1. The molecule has 1 saturated carbocycles. The van der Waals surface area contributed by atoms with Crippen LogP contribution < -0.4 is 16.4 Å². The van der Waals surface area contributed by atoms with Crippen LogP contribution in [0.1, 0.15) is 12.8 Å². The molecule has 2 aliphatic rings. The summed E-state index contributed by atoms with van der Waals surface area (Å²) in [6.45, 7) is 0.946. The van der Waals surface area contributed by atoms with Crippen molar-refractivity contribution in [3.8, 4) is 0 Å². The van der Waals surface area contributed by atoms with Crippen LogP contribution in [-0.4, -0.2) is 31.1 Å². The van der Waals surface area contributed by atoms with Gasteiger partial charge in [0.15, 0.2) is 0 Å². The van der Waals surface area contributed by atoms with Crippen molar-refractivity contribution in [2.45, 2.75) is 24.4 Å². The topological polar surface area (TPSA) is 67.1 Å². The first-order valence-corrected chi connectivity index (χ1v) is 4.39. The van der Waals surface area contributed by atoms with Gasteiger partial charge in [-0.3, -0.25) is 10.1 Å².